The summed E-state index contributed by atoms with van der Waals surface area (Å²) in [7, 11) is 0. The van der Waals surface area contributed by atoms with Crippen molar-refractivity contribution in [1.29, 1.82) is 0 Å². The standard InChI is InChI=1S/C30H40N2O3/c33-28-12-8-11-25(21-28)13-14-26-22-29(34)30(35)23-27(26)16-20-32-18-7-2-1-6-17-31-19-15-24-9-4-3-5-10-24/h3-5,8-12,21-23,31-35H,1-2,6-7,13-20H2. The summed E-state index contributed by atoms with van der Waals surface area (Å²) in [6, 6.07) is 21.2. The summed E-state index contributed by atoms with van der Waals surface area (Å²) in [5.41, 5.74) is 4.52. The third kappa shape index (κ3) is 10.0. The zero-order valence-electron chi connectivity index (χ0n) is 20.7. The van der Waals surface area contributed by atoms with Gasteiger partial charge in [-0.25, -0.2) is 0 Å². The second-order valence-corrected chi connectivity index (χ2v) is 9.18. The number of unbranched alkanes of at least 4 members (excludes halogenated alkanes) is 3. The highest BCUT2D eigenvalue weighted by molar-refractivity contribution is 5.46. The van der Waals surface area contributed by atoms with Crippen LogP contribution in [0.4, 0.5) is 0 Å². The Morgan fingerprint density at radius 3 is 1.74 bits per heavy atom. The second kappa shape index (κ2) is 15.1. The van der Waals surface area contributed by atoms with Gasteiger partial charge in [0.2, 0.25) is 0 Å². The van der Waals surface area contributed by atoms with E-state index in [-0.39, 0.29) is 17.2 Å². The van der Waals surface area contributed by atoms with Gasteiger partial charge in [-0.15, -0.1) is 0 Å². The summed E-state index contributed by atoms with van der Waals surface area (Å²) in [6.45, 7) is 3.94. The fourth-order valence-corrected chi connectivity index (χ4v) is 4.32. The molecule has 0 aliphatic heterocycles. The predicted octanol–water partition coefficient (Wildman–Crippen LogP) is 5.11. The minimum absolute atomic E-state index is 0.0708. The van der Waals surface area contributed by atoms with Crippen molar-refractivity contribution in [3.05, 3.63) is 89.0 Å². The zero-order chi connectivity index (χ0) is 24.7. The van der Waals surface area contributed by atoms with Crippen LogP contribution in [0.2, 0.25) is 0 Å². The first kappa shape index (κ1) is 26.6. The summed E-state index contributed by atoms with van der Waals surface area (Å²) in [6.07, 6.45) is 8.23. The lowest BCUT2D eigenvalue weighted by atomic mass is 9.97. The second-order valence-electron chi connectivity index (χ2n) is 9.18. The lowest BCUT2D eigenvalue weighted by Gasteiger charge is -2.13. The first-order chi connectivity index (χ1) is 17.1. The first-order valence-corrected chi connectivity index (χ1v) is 12.9. The average Bonchev–Trinajstić information content (AvgIpc) is 2.86. The van der Waals surface area contributed by atoms with Crippen LogP contribution < -0.4 is 10.6 Å². The lowest BCUT2D eigenvalue weighted by molar-refractivity contribution is 0.402. The average molecular weight is 477 g/mol. The molecule has 0 spiro atoms. The van der Waals surface area contributed by atoms with Gasteiger partial charge in [0.15, 0.2) is 11.5 Å². The van der Waals surface area contributed by atoms with Crippen molar-refractivity contribution in [2.75, 3.05) is 26.2 Å². The zero-order valence-corrected chi connectivity index (χ0v) is 20.7. The van der Waals surface area contributed by atoms with E-state index in [1.165, 1.54) is 24.8 Å². The fourth-order valence-electron chi connectivity index (χ4n) is 4.32. The number of aromatic hydroxyl groups is 3. The summed E-state index contributed by atoms with van der Waals surface area (Å²) in [5.74, 6) is 0.112. The molecular formula is C30H40N2O3. The molecule has 0 unspecified atom stereocenters. The maximum atomic E-state index is 9.97. The molecule has 35 heavy (non-hydrogen) atoms. The molecule has 3 rings (SSSR count). The van der Waals surface area contributed by atoms with E-state index in [9.17, 15) is 15.3 Å². The van der Waals surface area contributed by atoms with Gasteiger partial charge in [-0.05, 0) is 111 Å². The van der Waals surface area contributed by atoms with Gasteiger partial charge in [0.1, 0.15) is 5.75 Å². The van der Waals surface area contributed by atoms with Crippen molar-refractivity contribution in [2.24, 2.45) is 0 Å². The van der Waals surface area contributed by atoms with Gasteiger partial charge in [-0.1, -0.05) is 55.3 Å². The molecule has 0 aromatic heterocycles. The van der Waals surface area contributed by atoms with Crippen molar-refractivity contribution >= 4 is 0 Å². The van der Waals surface area contributed by atoms with Crippen molar-refractivity contribution < 1.29 is 15.3 Å². The summed E-state index contributed by atoms with van der Waals surface area (Å²) in [4.78, 5) is 0. The molecule has 188 valence electrons. The number of phenolic OH excluding ortho intramolecular Hbond substituents is 3. The number of hydrogen-bond acceptors (Lipinski definition) is 5. The Kier molecular flexibility index (Phi) is 11.4. The van der Waals surface area contributed by atoms with E-state index < -0.39 is 0 Å². The van der Waals surface area contributed by atoms with Crippen LogP contribution in [0.15, 0.2) is 66.7 Å². The molecule has 5 heteroatoms. The van der Waals surface area contributed by atoms with Gasteiger partial charge in [-0.2, -0.15) is 0 Å². The van der Waals surface area contributed by atoms with Crippen molar-refractivity contribution in [3.63, 3.8) is 0 Å². The Labute approximate surface area is 209 Å². The van der Waals surface area contributed by atoms with Gasteiger partial charge in [0, 0.05) is 0 Å². The summed E-state index contributed by atoms with van der Waals surface area (Å²) >= 11 is 0. The molecule has 0 fully saturated rings. The van der Waals surface area contributed by atoms with Crippen molar-refractivity contribution in [2.45, 2.75) is 51.4 Å². The molecule has 3 aromatic rings. The normalized spacial score (nSPS) is 11.1. The fraction of sp³-hybridized carbons (Fsp3) is 0.400. The van der Waals surface area contributed by atoms with Crippen LogP contribution in [0.25, 0.3) is 0 Å². The molecule has 0 saturated heterocycles. The largest absolute Gasteiger partial charge is 0.508 e. The maximum Gasteiger partial charge on any atom is 0.157 e. The van der Waals surface area contributed by atoms with Crippen LogP contribution in [0.3, 0.4) is 0 Å². The van der Waals surface area contributed by atoms with E-state index in [1.807, 2.05) is 12.1 Å². The van der Waals surface area contributed by atoms with Crippen LogP contribution in [-0.2, 0) is 25.7 Å². The Hall–Kier alpha value is -3.02. The third-order valence-electron chi connectivity index (χ3n) is 6.35. The Morgan fingerprint density at radius 2 is 1.09 bits per heavy atom. The van der Waals surface area contributed by atoms with E-state index >= 15 is 0 Å². The number of rotatable bonds is 16. The number of hydrogen-bond donors (Lipinski definition) is 5. The lowest BCUT2D eigenvalue weighted by Crippen LogP contribution is -2.20. The summed E-state index contributed by atoms with van der Waals surface area (Å²) < 4.78 is 0. The number of benzene rings is 3. The molecule has 0 aliphatic carbocycles. The molecule has 5 N–H and O–H groups in total. The Morgan fingerprint density at radius 1 is 0.486 bits per heavy atom. The Balaban J connectivity index is 1.27. The molecular weight excluding hydrogens is 436 g/mol. The van der Waals surface area contributed by atoms with Crippen LogP contribution in [0.1, 0.15) is 47.9 Å². The molecule has 0 bridgehead atoms. The molecule has 5 nitrogen and oxygen atoms in total. The smallest absolute Gasteiger partial charge is 0.157 e. The SMILES string of the molecule is Oc1cccc(CCc2cc(O)c(O)cc2CCNCCCCCCNCCc2ccccc2)c1. The van der Waals surface area contributed by atoms with E-state index in [2.05, 4.69) is 41.0 Å². The highest BCUT2D eigenvalue weighted by Crippen LogP contribution is 2.29. The molecule has 0 amide bonds. The highest BCUT2D eigenvalue weighted by Gasteiger charge is 2.09. The quantitative estimate of drug-likeness (QED) is 0.146. The minimum Gasteiger partial charge on any atom is -0.508 e. The van der Waals surface area contributed by atoms with E-state index in [4.69, 9.17) is 0 Å². The van der Waals surface area contributed by atoms with Crippen molar-refractivity contribution in [1.82, 2.24) is 10.6 Å². The highest BCUT2D eigenvalue weighted by atomic mass is 16.3. The molecule has 0 radical (unpaired) electrons. The van der Waals surface area contributed by atoms with E-state index in [0.717, 1.165) is 75.0 Å². The number of phenols is 3. The van der Waals surface area contributed by atoms with Crippen LogP contribution in [0.5, 0.6) is 17.2 Å². The molecule has 0 saturated carbocycles. The monoisotopic (exact) mass is 476 g/mol. The van der Waals surface area contributed by atoms with Crippen molar-refractivity contribution in [3.8, 4) is 17.2 Å². The summed E-state index contributed by atoms with van der Waals surface area (Å²) in [5, 5.41) is 36.7. The maximum absolute atomic E-state index is 9.97. The van der Waals surface area contributed by atoms with E-state index in [0.29, 0.717) is 0 Å². The first-order valence-electron chi connectivity index (χ1n) is 12.9. The topological polar surface area (TPSA) is 84.8 Å². The molecule has 0 aliphatic rings. The van der Waals surface area contributed by atoms with Crippen LogP contribution in [0, 0.1) is 0 Å². The van der Waals surface area contributed by atoms with Gasteiger partial charge >= 0.3 is 0 Å². The number of aryl methyl sites for hydroxylation is 2. The molecule has 0 atom stereocenters. The Bertz CT molecular complexity index is 1010. The van der Waals surface area contributed by atoms with Gasteiger partial charge < -0.3 is 26.0 Å². The van der Waals surface area contributed by atoms with Gasteiger partial charge in [0.05, 0.1) is 0 Å². The number of nitrogens with one attached hydrogen (secondary N) is 2. The third-order valence-corrected chi connectivity index (χ3v) is 6.35. The van der Waals surface area contributed by atoms with Crippen LogP contribution >= 0.6 is 0 Å². The minimum atomic E-state index is -0.0813. The van der Waals surface area contributed by atoms with Gasteiger partial charge in [-0.3, -0.25) is 0 Å². The van der Waals surface area contributed by atoms with Crippen LogP contribution in [-0.4, -0.2) is 41.5 Å². The molecule has 0 heterocycles. The predicted molar refractivity (Wildman–Crippen MR) is 143 cm³/mol. The molecule has 3 aromatic carbocycles. The van der Waals surface area contributed by atoms with Gasteiger partial charge in [0.25, 0.3) is 0 Å². The van der Waals surface area contributed by atoms with E-state index in [1.54, 1.807) is 24.3 Å².